The summed E-state index contributed by atoms with van der Waals surface area (Å²) in [6, 6.07) is 17.8. The summed E-state index contributed by atoms with van der Waals surface area (Å²) in [5, 5.41) is 15.3. The predicted molar refractivity (Wildman–Crippen MR) is 89.9 cm³/mol. The molecule has 0 aliphatic carbocycles. The van der Waals surface area contributed by atoms with Crippen LogP contribution in [0.4, 0.5) is 0 Å². The summed E-state index contributed by atoms with van der Waals surface area (Å²) < 4.78 is 1.20. The van der Waals surface area contributed by atoms with Crippen LogP contribution in [0, 0.1) is 0 Å². The molecule has 0 saturated heterocycles. The van der Waals surface area contributed by atoms with Crippen molar-refractivity contribution in [3.8, 4) is 0 Å². The number of halogens is 1. The molecule has 0 radical (unpaired) electrons. The Balaban J connectivity index is 1.63. The molecule has 1 atom stereocenters. The molecule has 3 rings (SSSR count). The Morgan fingerprint density at radius 1 is 1.05 bits per heavy atom. The van der Waals surface area contributed by atoms with Crippen molar-refractivity contribution in [3.05, 3.63) is 70.1 Å². The predicted octanol–water partition coefficient (Wildman–Crippen LogP) is 4.38. The van der Waals surface area contributed by atoms with Crippen LogP contribution in [0.3, 0.4) is 0 Å². The van der Waals surface area contributed by atoms with E-state index in [0.29, 0.717) is 13.1 Å². The molecule has 2 nitrogen and oxygen atoms in total. The maximum atomic E-state index is 10.1. The van der Waals surface area contributed by atoms with Gasteiger partial charge in [0.05, 0.1) is 11.1 Å². The zero-order chi connectivity index (χ0) is 14.7. The van der Waals surface area contributed by atoms with Crippen molar-refractivity contribution in [3.63, 3.8) is 0 Å². The Bertz CT molecular complexity index is 726. The highest BCUT2D eigenvalue weighted by Gasteiger charge is 2.11. The van der Waals surface area contributed by atoms with Gasteiger partial charge in [-0.15, -0.1) is 11.3 Å². The maximum absolute atomic E-state index is 10.1. The maximum Gasteiger partial charge on any atom is 0.0914 e. The lowest BCUT2D eigenvalue weighted by atomic mass is 10.1. The topological polar surface area (TPSA) is 32.3 Å². The van der Waals surface area contributed by atoms with Crippen molar-refractivity contribution in [2.45, 2.75) is 12.6 Å². The first-order chi connectivity index (χ1) is 10.3. The minimum atomic E-state index is -0.501. The molecule has 3 aromatic rings. The van der Waals surface area contributed by atoms with Gasteiger partial charge in [-0.3, -0.25) is 0 Å². The Hall–Kier alpha value is -1.39. The van der Waals surface area contributed by atoms with E-state index >= 15 is 0 Å². The van der Waals surface area contributed by atoms with Gasteiger partial charge in [-0.1, -0.05) is 60.1 Å². The molecule has 0 amide bonds. The van der Waals surface area contributed by atoms with Crippen molar-refractivity contribution in [2.24, 2.45) is 0 Å². The average molecular weight is 318 g/mol. The quantitative estimate of drug-likeness (QED) is 0.732. The summed E-state index contributed by atoms with van der Waals surface area (Å²) >= 11 is 8.09. The first-order valence-corrected chi connectivity index (χ1v) is 8.05. The van der Waals surface area contributed by atoms with E-state index in [1.807, 2.05) is 48.5 Å². The molecule has 0 spiro atoms. The summed E-state index contributed by atoms with van der Waals surface area (Å²) in [6.45, 7) is 1.18. The van der Waals surface area contributed by atoms with Crippen LogP contribution in [0.1, 0.15) is 16.5 Å². The molecular formula is C17H16ClNOS. The first-order valence-electron chi connectivity index (χ1n) is 6.85. The van der Waals surface area contributed by atoms with Crippen LogP contribution >= 0.6 is 22.9 Å². The van der Waals surface area contributed by atoms with Gasteiger partial charge in [0.1, 0.15) is 0 Å². The third-order valence-corrected chi connectivity index (χ3v) is 5.12. The van der Waals surface area contributed by atoms with Gasteiger partial charge in [0.2, 0.25) is 0 Å². The number of aliphatic hydroxyl groups is 1. The lowest BCUT2D eigenvalue weighted by molar-refractivity contribution is 0.174. The second-order valence-electron chi connectivity index (χ2n) is 4.89. The second-order valence-corrected chi connectivity index (χ2v) is 6.41. The van der Waals surface area contributed by atoms with Gasteiger partial charge in [0.15, 0.2) is 0 Å². The molecule has 0 aliphatic heterocycles. The van der Waals surface area contributed by atoms with E-state index in [2.05, 4.69) is 11.4 Å². The zero-order valence-electron chi connectivity index (χ0n) is 11.4. The summed E-state index contributed by atoms with van der Waals surface area (Å²) in [5.41, 5.74) is 0.924. The van der Waals surface area contributed by atoms with Gasteiger partial charge in [-0.05, 0) is 11.6 Å². The van der Waals surface area contributed by atoms with Gasteiger partial charge in [0.25, 0.3) is 0 Å². The summed E-state index contributed by atoms with van der Waals surface area (Å²) in [5.74, 6) is 0. The smallest absolute Gasteiger partial charge is 0.0914 e. The second kappa shape index (κ2) is 6.58. The van der Waals surface area contributed by atoms with Crippen LogP contribution in [-0.4, -0.2) is 11.7 Å². The van der Waals surface area contributed by atoms with E-state index in [1.165, 1.54) is 4.70 Å². The van der Waals surface area contributed by atoms with Crippen molar-refractivity contribution < 1.29 is 5.11 Å². The van der Waals surface area contributed by atoms with Gasteiger partial charge in [-0.25, -0.2) is 0 Å². The molecule has 4 heteroatoms. The highest BCUT2D eigenvalue weighted by molar-refractivity contribution is 7.19. The summed E-state index contributed by atoms with van der Waals surface area (Å²) in [6.07, 6.45) is -0.501. The largest absolute Gasteiger partial charge is 0.387 e. The van der Waals surface area contributed by atoms with Crippen molar-refractivity contribution in [1.82, 2.24) is 5.32 Å². The number of benzene rings is 2. The van der Waals surface area contributed by atoms with Crippen LogP contribution in [-0.2, 0) is 6.54 Å². The number of aliphatic hydroxyl groups excluding tert-OH is 1. The molecule has 2 aromatic carbocycles. The molecular weight excluding hydrogens is 302 g/mol. The Kier molecular flexibility index (Phi) is 4.56. The minimum Gasteiger partial charge on any atom is -0.387 e. The molecule has 0 aliphatic rings. The lowest BCUT2D eigenvalue weighted by Gasteiger charge is -2.11. The van der Waals surface area contributed by atoms with Gasteiger partial charge in [0, 0.05) is 28.1 Å². The van der Waals surface area contributed by atoms with Crippen molar-refractivity contribution >= 4 is 33.0 Å². The number of thiophene rings is 1. The number of hydrogen-bond acceptors (Lipinski definition) is 3. The molecule has 21 heavy (non-hydrogen) atoms. The molecule has 0 saturated carbocycles. The van der Waals surface area contributed by atoms with Crippen LogP contribution in [0.15, 0.2) is 54.6 Å². The molecule has 0 bridgehead atoms. The third-order valence-electron chi connectivity index (χ3n) is 3.41. The van der Waals surface area contributed by atoms with Crippen LogP contribution in [0.2, 0.25) is 5.02 Å². The minimum absolute atomic E-state index is 0.501. The monoisotopic (exact) mass is 317 g/mol. The van der Waals surface area contributed by atoms with Crippen LogP contribution in [0.5, 0.6) is 0 Å². The SMILES string of the molecule is OC(CNCc1sc2ccccc2c1Cl)c1ccccc1. The number of rotatable bonds is 5. The molecule has 1 heterocycles. The molecule has 1 unspecified atom stereocenters. The Labute approximate surface area is 133 Å². The number of nitrogens with one attached hydrogen (secondary N) is 1. The highest BCUT2D eigenvalue weighted by Crippen LogP contribution is 2.34. The van der Waals surface area contributed by atoms with Crippen LogP contribution < -0.4 is 5.32 Å². The Morgan fingerprint density at radius 3 is 2.52 bits per heavy atom. The Morgan fingerprint density at radius 2 is 1.76 bits per heavy atom. The van der Waals surface area contributed by atoms with E-state index in [0.717, 1.165) is 20.8 Å². The van der Waals surface area contributed by atoms with Gasteiger partial charge in [-0.2, -0.15) is 0 Å². The summed E-state index contributed by atoms with van der Waals surface area (Å²) in [7, 11) is 0. The van der Waals surface area contributed by atoms with E-state index in [1.54, 1.807) is 11.3 Å². The van der Waals surface area contributed by atoms with Gasteiger partial charge < -0.3 is 10.4 Å². The molecule has 0 fully saturated rings. The lowest BCUT2D eigenvalue weighted by Crippen LogP contribution is -2.20. The molecule has 2 N–H and O–H groups in total. The van der Waals surface area contributed by atoms with E-state index in [-0.39, 0.29) is 0 Å². The first kappa shape index (κ1) is 14.5. The van der Waals surface area contributed by atoms with E-state index < -0.39 is 6.10 Å². The van der Waals surface area contributed by atoms with Crippen LogP contribution in [0.25, 0.3) is 10.1 Å². The van der Waals surface area contributed by atoms with E-state index in [4.69, 9.17) is 11.6 Å². The van der Waals surface area contributed by atoms with E-state index in [9.17, 15) is 5.11 Å². The molecule has 1 aromatic heterocycles. The normalized spacial score (nSPS) is 12.7. The fraction of sp³-hybridized carbons (Fsp3) is 0.176. The van der Waals surface area contributed by atoms with Crippen molar-refractivity contribution in [2.75, 3.05) is 6.54 Å². The number of fused-ring (bicyclic) bond motifs is 1. The third kappa shape index (κ3) is 3.27. The zero-order valence-corrected chi connectivity index (χ0v) is 13.0. The fourth-order valence-corrected chi connectivity index (χ4v) is 3.76. The van der Waals surface area contributed by atoms with Crippen molar-refractivity contribution in [1.29, 1.82) is 0 Å². The van der Waals surface area contributed by atoms with Gasteiger partial charge >= 0.3 is 0 Å². The number of hydrogen-bond donors (Lipinski definition) is 2. The summed E-state index contributed by atoms with van der Waals surface area (Å²) in [4.78, 5) is 1.11. The highest BCUT2D eigenvalue weighted by atomic mass is 35.5. The average Bonchev–Trinajstić information content (AvgIpc) is 2.85. The molecule has 108 valence electrons. The fourth-order valence-electron chi connectivity index (χ4n) is 2.29. The standard InChI is InChI=1S/C17H16ClNOS/c18-17-13-8-4-5-9-15(13)21-16(17)11-19-10-14(20)12-6-2-1-3-7-12/h1-9,14,19-20H,10-11H2.